The zero-order valence-electron chi connectivity index (χ0n) is 7.79. The lowest BCUT2D eigenvalue weighted by atomic mass is 10.1. The number of rotatable bonds is 3. The minimum atomic E-state index is -0.393. The van der Waals surface area contributed by atoms with Crippen LogP contribution in [0.2, 0.25) is 5.02 Å². The summed E-state index contributed by atoms with van der Waals surface area (Å²) in [6.45, 7) is 2.05. The van der Waals surface area contributed by atoms with Crippen molar-refractivity contribution in [3.63, 3.8) is 0 Å². The molecule has 0 bridgehead atoms. The maximum absolute atomic E-state index is 11.1. The van der Waals surface area contributed by atoms with E-state index in [4.69, 9.17) is 16.3 Å². The molecule has 0 saturated carbocycles. The SMILES string of the molecule is CCOC(=O)Cc1c(O)cccc1Cl. The molecule has 1 rings (SSSR count). The Balaban J connectivity index is 2.80. The maximum Gasteiger partial charge on any atom is 0.310 e. The van der Waals surface area contributed by atoms with E-state index in [9.17, 15) is 9.90 Å². The van der Waals surface area contributed by atoms with Gasteiger partial charge >= 0.3 is 5.97 Å². The van der Waals surface area contributed by atoms with Crippen LogP contribution in [-0.4, -0.2) is 17.7 Å². The molecule has 0 radical (unpaired) electrons. The van der Waals surface area contributed by atoms with Gasteiger partial charge in [0.25, 0.3) is 0 Å². The zero-order chi connectivity index (χ0) is 10.6. The number of phenolic OH excluding ortho intramolecular Hbond substituents is 1. The van der Waals surface area contributed by atoms with Gasteiger partial charge in [-0.25, -0.2) is 0 Å². The minimum Gasteiger partial charge on any atom is -0.508 e. The second-order valence-corrected chi connectivity index (χ2v) is 3.13. The van der Waals surface area contributed by atoms with Gasteiger partial charge in [-0.15, -0.1) is 0 Å². The lowest BCUT2D eigenvalue weighted by molar-refractivity contribution is -0.142. The van der Waals surface area contributed by atoms with E-state index in [1.807, 2.05) is 0 Å². The van der Waals surface area contributed by atoms with Gasteiger partial charge in [0.15, 0.2) is 0 Å². The van der Waals surface area contributed by atoms with Crippen molar-refractivity contribution in [2.45, 2.75) is 13.3 Å². The summed E-state index contributed by atoms with van der Waals surface area (Å²) in [7, 11) is 0. The number of carbonyl (C=O) groups is 1. The van der Waals surface area contributed by atoms with Crippen LogP contribution < -0.4 is 0 Å². The molecule has 1 N–H and O–H groups in total. The number of esters is 1. The molecule has 0 saturated heterocycles. The summed E-state index contributed by atoms with van der Waals surface area (Å²) in [6.07, 6.45) is -0.000648. The maximum atomic E-state index is 11.1. The van der Waals surface area contributed by atoms with Crippen LogP contribution in [0, 0.1) is 0 Å². The van der Waals surface area contributed by atoms with Gasteiger partial charge in [0, 0.05) is 10.6 Å². The van der Waals surface area contributed by atoms with Gasteiger partial charge in [-0.3, -0.25) is 4.79 Å². The summed E-state index contributed by atoms with van der Waals surface area (Å²) >= 11 is 5.81. The number of halogens is 1. The summed E-state index contributed by atoms with van der Waals surface area (Å²) in [4.78, 5) is 11.1. The Morgan fingerprint density at radius 3 is 2.86 bits per heavy atom. The fraction of sp³-hybridized carbons (Fsp3) is 0.300. The molecular formula is C10H11ClO3. The van der Waals surface area contributed by atoms with E-state index < -0.39 is 5.97 Å². The fourth-order valence-electron chi connectivity index (χ4n) is 1.08. The Hall–Kier alpha value is -1.22. The van der Waals surface area contributed by atoms with Crippen molar-refractivity contribution in [2.24, 2.45) is 0 Å². The Labute approximate surface area is 87.3 Å². The van der Waals surface area contributed by atoms with Crippen molar-refractivity contribution < 1.29 is 14.6 Å². The van der Waals surface area contributed by atoms with E-state index in [1.165, 1.54) is 6.07 Å². The smallest absolute Gasteiger partial charge is 0.310 e. The molecule has 76 valence electrons. The van der Waals surface area contributed by atoms with E-state index in [-0.39, 0.29) is 12.2 Å². The van der Waals surface area contributed by atoms with Gasteiger partial charge in [-0.2, -0.15) is 0 Å². The van der Waals surface area contributed by atoms with Crippen molar-refractivity contribution >= 4 is 17.6 Å². The number of carbonyl (C=O) groups excluding carboxylic acids is 1. The quantitative estimate of drug-likeness (QED) is 0.785. The normalized spacial score (nSPS) is 9.86. The molecule has 0 aliphatic heterocycles. The molecule has 14 heavy (non-hydrogen) atoms. The Morgan fingerprint density at radius 2 is 2.29 bits per heavy atom. The topological polar surface area (TPSA) is 46.5 Å². The van der Waals surface area contributed by atoms with Crippen LogP contribution in [0.15, 0.2) is 18.2 Å². The highest BCUT2D eigenvalue weighted by atomic mass is 35.5. The molecule has 4 heteroatoms. The van der Waals surface area contributed by atoms with Crippen molar-refractivity contribution in [1.29, 1.82) is 0 Å². The largest absolute Gasteiger partial charge is 0.508 e. The molecule has 0 aromatic heterocycles. The third-order valence-electron chi connectivity index (χ3n) is 1.72. The first-order valence-electron chi connectivity index (χ1n) is 4.27. The van der Waals surface area contributed by atoms with E-state index >= 15 is 0 Å². The first-order chi connectivity index (χ1) is 6.65. The van der Waals surface area contributed by atoms with Gasteiger partial charge < -0.3 is 9.84 Å². The van der Waals surface area contributed by atoms with Crippen LogP contribution in [0.4, 0.5) is 0 Å². The average molecular weight is 215 g/mol. The number of hydrogen-bond acceptors (Lipinski definition) is 3. The number of phenols is 1. The Kier molecular flexibility index (Phi) is 3.77. The first kappa shape index (κ1) is 10.9. The van der Waals surface area contributed by atoms with Crippen molar-refractivity contribution in [3.05, 3.63) is 28.8 Å². The molecule has 0 spiro atoms. The molecule has 3 nitrogen and oxygen atoms in total. The van der Waals surface area contributed by atoms with Crippen LogP contribution in [-0.2, 0) is 16.0 Å². The molecule has 0 fully saturated rings. The lowest BCUT2D eigenvalue weighted by Gasteiger charge is -2.05. The molecule has 0 aliphatic carbocycles. The monoisotopic (exact) mass is 214 g/mol. The van der Waals surface area contributed by atoms with Crippen LogP contribution >= 0.6 is 11.6 Å². The average Bonchev–Trinajstić information content (AvgIpc) is 2.12. The third-order valence-corrected chi connectivity index (χ3v) is 2.07. The van der Waals surface area contributed by atoms with E-state index in [0.717, 1.165) is 0 Å². The van der Waals surface area contributed by atoms with Gasteiger partial charge in [0.1, 0.15) is 5.75 Å². The summed E-state index contributed by atoms with van der Waals surface area (Å²) in [6, 6.07) is 4.72. The van der Waals surface area contributed by atoms with Crippen LogP contribution in [0.25, 0.3) is 0 Å². The van der Waals surface area contributed by atoms with E-state index in [1.54, 1.807) is 19.1 Å². The van der Waals surface area contributed by atoms with E-state index in [2.05, 4.69) is 0 Å². The van der Waals surface area contributed by atoms with Crippen molar-refractivity contribution in [3.8, 4) is 5.75 Å². The first-order valence-corrected chi connectivity index (χ1v) is 4.65. The highest BCUT2D eigenvalue weighted by molar-refractivity contribution is 6.31. The van der Waals surface area contributed by atoms with Crippen molar-refractivity contribution in [2.75, 3.05) is 6.61 Å². The molecule has 0 amide bonds. The van der Waals surface area contributed by atoms with Crippen molar-refractivity contribution in [1.82, 2.24) is 0 Å². The predicted molar refractivity (Wildman–Crippen MR) is 53.5 cm³/mol. The number of aromatic hydroxyl groups is 1. The molecular weight excluding hydrogens is 204 g/mol. The second kappa shape index (κ2) is 4.86. The van der Waals surface area contributed by atoms with Gasteiger partial charge in [0.2, 0.25) is 0 Å². The molecule has 0 atom stereocenters. The van der Waals surface area contributed by atoms with Crippen LogP contribution in [0.5, 0.6) is 5.75 Å². The third kappa shape index (κ3) is 2.64. The fourth-order valence-corrected chi connectivity index (χ4v) is 1.31. The molecule has 1 aromatic carbocycles. The van der Waals surface area contributed by atoms with Gasteiger partial charge in [0.05, 0.1) is 13.0 Å². The molecule has 0 aliphatic rings. The molecule has 0 unspecified atom stereocenters. The van der Waals surface area contributed by atoms with Gasteiger partial charge in [-0.1, -0.05) is 17.7 Å². The summed E-state index contributed by atoms with van der Waals surface area (Å²) < 4.78 is 4.75. The Morgan fingerprint density at radius 1 is 1.57 bits per heavy atom. The zero-order valence-corrected chi connectivity index (χ0v) is 8.54. The highest BCUT2D eigenvalue weighted by Crippen LogP contribution is 2.25. The molecule has 1 aromatic rings. The van der Waals surface area contributed by atoms with Crippen LogP contribution in [0.1, 0.15) is 12.5 Å². The Bertz CT molecular complexity index is 316. The number of ether oxygens (including phenoxy) is 1. The summed E-state index contributed by atoms with van der Waals surface area (Å²) in [5, 5.41) is 9.79. The number of hydrogen-bond donors (Lipinski definition) is 1. The molecule has 0 heterocycles. The lowest BCUT2D eigenvalue weighted by Crippen LogP contribution is -2.07. The van der Waals surface area contributed by atoms with Crippen LogP contribution in [0.3, 0.4) is 0 Å². The van der Waals surface area contributed by atoms with Gasteiger partial charge in [-0.05, 0) is 19.1 Å². The summed E-state index contributed by atoms with van der Waals surface area (Å²) in [5.41, 5.74) is 0.410. The minimum absolute atomic E-state index is 0.000648. The second-order valence-electron chi connectivity index (χ2n) is 2.72. The summed E-state index contributed by atoms with van der Waals surface area (Å²) in [5.74, 6) is -0.374. The number of benzene rings is 1. The van der Waals surface area contributed by atoms with E-state index in [0.29, 0.717) is 17.2 Å². The standard InChI is InChI=1S/C10H11ClO3/c1-2-14-10(13)6-7-8(11)4-3-5-9(7)12/h3-5,12H,2,6H2,1H3. The highest BCUT2D eigenvalue weighted by Gasteiger charge is 2.11. The predicted octanol–water partition coefficient (Wildman–Crippen LogP) is 2.15.